The molecular formula is C33H36N6O5. The van der Waals surface area contributed by atoms with Crippen molar-refractivity contribution < 1.29 is 24.0 Å². The number of likely N-dealkylation sites (tertiary alicyclic amines) is 1. The molecule has 11 heteroatoms. The van der Waals surface area contributed by atoms with E-state index >= 15 is 0 Å². The number of nitrogens with one attached hydrogen (secondary N) is 1. The molecule has 1 fully saturated rings. The molecule has 4 aromatic rings. The second-order valence-corrected chi connectivity index (χ2v) is 11.1. The van der Waals surface area contributed by atoms with E-state index in [0.29, 0.717) is 24.4 Å². The molecule has 3 unspecified atom stereocenters. The maximum absolute atomic E-state index is 13.8. The van der Waals surface area contributed by atoms with E-state index in [1.807, 2.05) is 62.7 Å². The summed E-state index contributed by atoms with van der Waals surface area (Å²) in [6.45, 7) is 8.28. The molecule has 0 aliphatic carbocycles. The van der Waals surface area contributed by atoms with Gasteiger partial charge in [0.1, 0.15) is 29.2 Å². The SMILES string of the molecule is Cc1nccn1-c1ccc(C(C)NC(=O)C2CCCN2C(=O)C(c2cc(OCC#Cc3ccc(O)cn3)no2)C(C)C)cc1. The van der Waals surface area contributed by atoms with Gasteiger partial charge in [0.15, 0.2) is 12.4 Å². The van der Waals surface area contributed by atoms with Crippen LogP contribution in [-0.4, -0.2) is 60.7 Å². The van der Waals surface area contributed by atoms with E-state index in [1.165, 1.54) is 12.3 Å². The zero-order valence-electron chi connectivity index (χ0n) is 25.2. The number of ether oxygens (including phenoxy) is 1. The van der Waals surface area contributed by atoms with Crippen LogP contribution in [0.3, 0.4) is 0 Å². The van der Waals surface area contributed by atoms with Gasteiger partial charge in [0.25, 0.3) is 5.88 Å². The van der Waals surface area contributed by atoms with Gasteiger partial charge >= 0.3 is 0 Å². The molecule has 0 spiro atoms. The molecule has 0 bridgehead atoms. The molecule has 1 aliphatic heterocycles. The first-order valence-corrected chi connectivity index (χ1v) is 14.7. The summed E-state index contributed by atoms with van der Waals surface area (Å²) >= 11 is 0. The van der Waals surface area contributed by atoms with Crippen LogP contribution in [0.5, 0.6) is 11.6 Å². The lowest BCUT2D eigenvalue weighted by molar-refractivity contribution is -0.141. The third kappa shape index (κ3) is 6.92. The van der Waals surface area contributed by atoms with Crippen LogP contribution >= 0.6 is 0 Å². The number of hydrogen-bond acceptors (Lipinski definition) is 8. The van der Waals surface area contributed by atoms with Gasteiger partial charge in [-0.3, -0.25) is 9.59 Å². The molecule has 228 valence electrons. The van der Waals surface area contributed by atoms with Gasteiger partial charge in [0.05, 0.1) is 12.2 Å². The van der Waals surface area contributed by atoms with Gasteiger partial charge in [0.2, 0.25) is 11.8 Å². The predicted octanol–water partition coefficient (Wildman–Crippen LogP) is 4.31. The Kier molecular flexibility index (Phi) is 9.29. The van der Waals surface area contributed by atoms with Crippen molar-refractivity contribution in [3.8, 4) is 29.2 Å². The molecule has 3 aromatic heterocycles. The average Bonchev–Trinajstić information content (AvgIpc) is 3.78. The van der Waals surface area contributed by atoms with Crippen LogP contribution in [0.4, 0.5) is 0 Å². The van der Waals surface area contributed by atoms with Gasteiger partial charge < -0.3 is 29.2 Å². The number of aromatic nitrogens is 4. The second kappa shape index (κ2) is 13.5. The quantitative estimate of drug-likeness (QED) is 0.273. The first-order valence-electron chi connectivity index (χ1n) is 14.7. The lowest BCUT2D eigenvalue weighted by atomic mass is 9.91. The van der Waals surface area contributed by atoms with Crippen molar-refractivity contribution in [3.05, 3.63) is 83.9 Å². The van der Waals surface area contributed by atoms with Crippen LogP contribution in [0.25, 0.3) is 5.69 Å². The van der Waals surface area contributed by atoms with Crippen molar-refractivity contribution in [3.63, 3.8) is 0 Å². The van der Waals surface area contributed by atoms with Gasteiger partial charge in [-0.25, -0.2) is 9.97 Å². The molecule has 5 rings (SSSR count). The maximum Gasteiger partial charge on any atom is 0.255 e. The second-order valence-electron chi connectivity index (χ2n) is 11.1. The first kappa shape index (κ1) is 30.4. The highest BCUT2D eigenvalue weighted by molar-refractivity contribution is 5.91. The third-order valence-corrected chi connectivity index (χ3v) is 7.70. The number of hydrogen-bond donors (Lipinski definition) is 2. The van der Waals surface area contributed by atoms with E-state index in [2.05, 4.69) is 32.3 Å². The molecule has 3 atom stereocenters. The number of carbonyl (C=O) groups excluding carboxylic acids is 2. The average molecular weight is 597 g/mol. The summed E-state index contributed by atoms with van der Waals surface area (Å²) in [6, 6.07) is 11.9. The minimum atomic E-state index is -0.628. The number of nitrogens with zero attached hydrogens (tertiary/aromatic N) is 5. The fourth-order valence-corrected chi connectivity index (χ4v) is 5.37. The Hall–Kier alpha value is -5.11. The zero-order valence-corrected chi connectivity index (χ0v) is 25.2. The van der Waals surface area contributed by atoms with Crippen LogP contribution in [0.15, 0.2) is 65.6 Å². The molecule has 0 radical (unpaired) electrons. The van der Waals surface area contributed by atoms with Crippen molar-refractivity contribution >= 4 is 11.8 Å². The molecule has 1 saturated heterocycles. The van der Waals surface area contributed by atoms with E-state index in [9.17, 15) is 14.7 Å². The van der Waals surface area contributed by atoms with Crippen molar-refractivity contribution in [2.24, 2.45) is 5.92 Å². The highest BCUT2D eigenvalue weighted by Gasteiger charge is 2.40. The molecule has 1 aromatic carbocycles. The van der Waals surface area contributed by atoms with Crippen LogP contribution in [0.2, 0.25) is 0 Å². The molecule has 2 amide bonds. The van der Waals surface area contributed by atoms with Crippen molar-refractivity contribution in [2.45, 2.75) is 58.5 Å². The number of aromatic hydroxyl groups is 1. The predicted molar refractivity (Wildman–Crippen MR) is 162 cm³/mol. The summed E-state index contributed by atoms with van der Waals surface area (Å²) in [5.74, 6) is 6.13. The number of amides is 2. The van der Waals surface area contributed by atoms with E-state index in [4.69, 9.17) is 9.26 Å². The van der Waals surface area contributed by atoms with Gasteiger partial charge in [-0.2, -0.15) is 0 Å². The van der Waals surface area contributed by atoms with Gasteiger partial charge in [-0.15, -0.1) is 0 Å². The summed E-state index contributed by atoms with van der Waals surface area (Å²) in [6.07, 6.45) is 6.31. The highest BCUT2D eigenvalue weighted by Crippen LogP contribution is 2.32. The largest absolute Gasteiger partial charge is 0.506 e. The Bertz CT molecular complexity index is 1650. The van der Waals surface area contributed by atoms with Gasteiger partial charge in [0, 0.05) is 30.7 Å². The summed E-state index contributed by atoms with van der Waals surface area (Å²) in [4.78, 5) is 37.2. The molecule has 11 nitrogen and oxygen atoms in total. The van der Waals surface area contributed by atoms with E-state index in [-0.39, 0.29) is 42.0 Å². The molecule has 4 heterocycles. The summed E-state index contributed by atoms with van der Waals surface area (Å²) in [5.41, 5.74) is 2.46. The Labute approximate surface area is 256 Å². The number of imidazole rings is 1. The highest BCUT2D eigenvalue weighted by atomic mass is 16.5. The van der Waals surface area contributed by atoms with E-state index < -0.39 is 12.0 Å². The minimum absolute atomic E-state index is 0.0350. The van der Waals surface area contributed by atoms with Crippen LogP contribution in [0.1, 0.15) is 68.4 Å². The normalized spacial score (nSPS) is 15.8. The summed E-state index contributed by atoms with van der Waals surface area (Å²) in [5, 5.41) is 16.4. The molecular weight excluding hydrogens is 560 g/mol. The summed E-state index contributed by atoms with van der Waals surface area (Å²) in [7, 11) is 0. The Morgan fingerprint density at radius 3 is 2.64 bits per heavy atom. The molecule has 44 heavy (non-hydrogen) atoms. The topological polar surface area (TPSA) is 136 Å². The number of aryl methyl sites for hydroxylation is 1. The first-order chi connectivity index (χ1) is 21.2. The minimum Gasteiger partial charge on any atom is -0.506 e. The van der Waals surface area contributed by atoms with Crippen LogP contribution in [-0.2, 0) is 9.59 Å². The number of carbonyl (C=O) groups is 2. The van der Waals surface area contributed by atoms with Crippen molar-refractivity contribution in [1.82, 2.24) is 29.9 Å². The molecule has 1 aliphatic rings. The Morgan fingerprint density at radius 2 is 1.95 bits per heavy atom. The van der Waals surface area contributed by atoms with Gasteiger partial charge in [-0.05, 0) is 73.5 Å². The van der Waals surface area contributed by atoms with E-state index in [1.54, 1.807) is 23.2 Å². The lowest BCUT2D eigenvalue weighted by Gasteiger charge is -2.29. The fraction of sp³-hybridized carbons (Fsp3) is 0.364. The zero-order chi connectivity index (χ0) is 31.2. The van der Waals surface area contributed by atoms with Crippen LogP contribution < -0.4 is 10.1 Å². The number of benzene rings is 1. The lowest BCUT2D eigenvalue weighted by Crippen LogP contribution is -2.48. The summed E-state index contributed by atoms with van der Waals surface area (Å²) < 4.78 is 13.1. The van der Waals surface area contributed by atoms with Crippen LogP contribution in [0, 0.1) is 24.7 Å². The monoisotopic (exact) mass is 596 g/mol. The van der Waals surface area contributed by atoms with E-state index in [0.717, 1.165) is 23.5 Å². The molecule has 2 N–H and O–H groups in total. The van der Waals surface area contributed by atoms with Crippen molar-refractivity contribution in [2.75, 3.05) is 13.2 Å². The molecule has 0 saturated carbocycles. The fourth-order valence-electron chi connectivity index (χ4n) is 5.37. The maximum atomic E-state index is 13.8. The Morgan fingerprint density at radius 1 is 1.16 bits per heavy atom. The van der Waals surface area contributed by atoms with Crippen molar-refractivity contribution in [1.29, 1.82) is 0 Å². The third-order valence-electron chi connectivity index (χ3n) is 7.70. The number of rotatable bonds is 9. The number of pyridine rings is 1. The Balaban J connectivity index is 1.20. The standard InChI is InChI=1S/C33H36N6O5/c1-21(2)31(29-19-30(37-44-29)43-18-6-7-25-11-14-27(40)20-35-25)33(42)39-16-5-8-28(39)32(41)36-22(3)24-9-12-26(13-10-24)38-17-15-34-23(38)4/h9-15,17,19-22,28,31,40H,5,8,16,18H2,1-4H3,(H,36,41). The van der Waals surface area contributed by atoms with Gasteiger partial charge in [-0.1, -0.05) is 31.9 Å². The smallest absolute Gasteiger partial charge is 0.255 e.